The molecule has 126 valence electrons. The summed E-state index contributed by atoms with van der Waals surface area (Å²) in [5.41, 5.74) is 5.12. The van der Waals surface area contributed by atoms with E-state index in [-0.39, 0.29) is 18.1 Å². The Morgan fingerprint density at radius 3 is 2.33 bits per heavy atom. The zero-order chi connectivity index (χ0) is 17.4. The fraction of sp³-hybridized carbons (Fsp3) is 0.125. The van der Waals surface area contributed by atoms with Crippen LogP contribution in [-0.4, -0.2) is 17.7 Å². The highest BCUT2D eigenvalue weighted by Crippen LogP contribution is 2.18. The van der Waals surface area contributed by atoms with Gasteiger partial charge in [0.15, 0.2) is 0 Å². The molecule has 0 fully saturated rings. The van der Waals surface area contributed by atoms with E-state index in [0.29, 0.717) is 16.5 Å². The number of thioether (sulfide) groups is 1. The number of halogens is 2. The molecule has 0 saturated heterocycles. The van der Waals surface area contributed by atoms with Gasteiger partial charge in [0.2, 0.25) is 5.91 Å². The molecule has 2 aromatic carbocycles. The largest absolute Gasteiger partial charge is 0.337 e. The summed E-state index contributed by atoms with van der Waals surface area (Å²) in [6.07, 6.45) is 0.212. The van der Waals surface area contributed by atoms with E-state index in [1.54, 1.807) is 36.4 Å². The zero-order valence-corrected chi connectivity index (χ0v) is 14.1. The lowest BCUT2D eigenvalue weighted by molar-refractivity contribution is -0.121. The van der Waals surface area contributed by atoms with E-state index in [4.69, 9.17) is 11.6 Å². The van der Waals surface area contributed by atoms with Crippen LogP contribution in [0.25, 0.3) is 0 Å². The molecule has 5 nitrogen and oxygen atoms in total. The van der Waals surface area contributed by atoms with Crippen molar-refractivity contribution >= 4 is 41.0 Å². The van der Waals surface area contributed by atoms with E-state index in [9.17, 15) is 14.0 Å². The van der Waals surface area contributed by atoms with E-state index in [1.807, 2.05) is 0 Å². The zero-order valence-electron chi connectivity index (χ0n) is 12.5. The van der Waals surface area contributed by atoms with E-state index in [0.717, 1.165) is 4.90 Å². The second-order valence-corrected chi connectivity index (χ2v) is 6.29. The van der Waals surface area contributed by atoms with Crippen molar-refractivity contribution in [3.63, 3.8) is 0 Å². The van der Waals surface area contributed by atoms with Crippen LogP contribution in [0.4, 0.5) is 14.9 Å². The molecule has 0 atom stereocenters. The van der Waals surface area contributed by atoms with Gasteiger partial charge in [-0.2, -0.15) is 0 Å². The number of anilines is 1. The SMILES string of the molecule is O=C(CCSc1ccc(F)cc1)NNC(=O)Nc1ccc(Cl)cc1. The molecule has 0 aliphatic carbocycles. The highest BCUT2D eigenvalue weighted by molar-refractivity contribution is 7.99. The number of hydrogen-bond acceptors (Lipinski definition) is 3. The summed E-state index contributed by atoms with van der Waals surface area (Å²) in [5.74, 6) is -0.110. The van der Waals surface area contributed by atoms with Crippen LogP contribution in [0, 0.1) is 5.82 Å². The maximum absolute atomic E-state index is 12.8. The van der Waals surface area contributed by atoms with Gasteiger partial charge in [0, 0.05) is 27.8 Å². The summed E-state index contributed by atoms with van der Waals surface area (Å²) >= 11 is 7.17. The summed E-state index contributed by atoms with van der Waals surface area (Å²) < 4.78 is 12.8. The highest BCUT2D eigenvalue weighted by atomic mass is 35.5. The molecule has 8 heteroatoms. The molecule has 3 amide bonds. The van der Waals surface area contributed by atoms with Crippen LogP contribution >= 0.6 is 23.4 Å². The molecule has 0 heterocycles. The molecule has 2 aromatic rings. The molecule has 0 bridgehead atoms. The minimum atomic E-state index is -0.558. The molecule has 0 aromatic heterocycles. The summed E-state index contributed by atoms with van der Waals surface area (Å²) in [4.78, 5) is 24.1. The molecule has 0 aliphatic heterocycles. The number of carbonyl (C=O) groups excluding carboxylic acids is 2. The fourth-order valence-electron chi connectivity index (χ4n) is 1.68. The lowest BCUT2D eigenvalue weighted by Gasteiger charge is -2.09. The maximum Gasteiger partial charge on any atom is 0.337 e. The van der Waals surface area contributed by atoms with Crippen LogP contribution in [0.15, 0.2) is 53.4 Å². The first-order chi connectivity index (χ1) is 11.5. The Labute approximate surface area is 147 Å². The van der Waals surface area contributed by atoms with Gasteiger partial charge in [-0.05, 0) is 48.5 Å². The first-order valence-electron chi connectivity index (χ1n) is 7.03. The van der Waals surface area contributed by atoms with E-state index in [2.05, 4.69) is 16.2 Å². The third-order valence-corrected chi connectivity index (χ3v) is 4.09. The topological polar surface area (TPSA) is 70.2 Å². The molecule has 0 unspecified atom stereocenters. The summed E-state index contributed by atoms with van der Waals surface area (Å²) in [6, 6.07) is 12.0. The Hall–Kier alpha value is -2.25. The van der Waals surface area contributed by atoms with Crippen LogP contribution in [0.5, 0.6) is 0 Å². The van der Waals surface area contributed by atoms with Crippen LogP contribution in [-0.2, 0) is 4.79 Å². The molecule has 0 saturated carbocycles. The Balaban J connectivity index is 1.64. The van der Waals surface area contributed by atoms with Crippen LogP contribution < -0.4 is 16.2 Å². The Bertz CT molecular complexity index is 695. The first kappa shape index (κ1) is 18.1. The van der Waals surface area contributed by atoms with E-state index >= 15 is 0 Å². The molecule has 0 aliphatic rings. The minimum absolute atomic E-state index is 0.212. The monoisotopic (exact) mass is 367 g/mol. The average Bonchev–Trinajstić information content (AvgIpc) is 2.57. The minimum Gasteiger partial charge on any atom is -0.307 e. The third kappa shape index (κ3) is 6.47. The highest BCUT2D eigenvalue weighted by Gasteiger charge is 2.05. The lowest BCUT2D eigenvalue weighted by Crippen LogP contribution is -2.44. The maximum atomic E-state index is 12.8. The molecule has 2 rings (SSSR count). The van der Waals surface area contributed by atoms with Crippen molar-refractivity contribution < 1.29 is 14.0 Å². The molecule has 3 N–H and O–H groups in total. The fourth-order valence-corrected chi connectivity index (χ4v) is 2.65. The van der Waals surface area contributed by atoms with Crippen molar-refractivity contribution in [2.75, 3.05) is 11.1 Å². The molecule has 0 spiro atoms. The molecule has 24 heavy (non-hydrogen) atoms. The average molecular weight is 368 g/mol. The smallest absolute Gasteiger partial charge is 0.307 e. The van der Waals surface area contributed by atoms with Crippen LogP contribution in [0.2, 0.25) is 5.02 Å². The predicted molar refractivity (Wildman–Crippen MR) is 93.5 cm³/mol. The van der Waals surface area contributed by atoms with Gasteiger partial charge in [0.1, 0.15) is 5.82 Å². The second kappa shape index (κ2) is 9.14. The molecular weight excluding hydrogens is 353 g/mol. The lowest BCUT2D eigenvalue weighted by atomic mass is 10.3. The first-order valence-corrected chi connectivity index (χ1v) is 8.39. The van der Waals surface area contributed by atoms with Crippen molar-refractivity contribution in [2.45, 2.75) is 11.3 Å². The van der Waals surface area contributed by atoms with Crippen LogP contribution in [0.1, 0.15) is 6.42 Å². The quantitative estimate of drug-likeness (QED) is 0.556. The standard InChI is InChI=1S/C16H15ClFN3O2S/c17-11-1-5-13(6-2-11)19-16(23)21-20-15(22)9-10-24-14-7-3-12(18)4-8-14/h1-8H,9-10H2,(H,20,22)(H2,19,21,23). The van der Waals surface area contributed by atoms with Gasteiger partial charge in [-0.25, -0.2) is 14.6 Å². The summed E-state index contributed by atoms with van der Waals surface area (Å²) in [6.45, 7) is 0. The number of carbonyl (C=O) groups is 2. The second-order valence-electron chi connectivity index (χ2n) is 4.69. The molecule has 0 radical (unpaired) electrons. The van der Waals surface area contributed by atoms with Gasteiger partial charge >= 0.3 is 6.03 Å². The van der Waals surface area contributed by atoms with Crippen molar-refractivity contribution in [3.05, 3.63) is 59.4 Å². The number of rotatable bonds is 5. The number of hydrogen-bond donors (Lipinski definition) is 3. The van der Waals surface area contributed by atoms with Crippen molar-refractivity contribution in [1.82, 2.24) is 10.9 Å². The Morgan fingerprint density at radius 1 is 1.00 bits per heavy atom. The Morgan fingerprint density at radius 2 is 1.67 bits per heavy atom. The normalized spacial score (nSPS) is 10.1. The number of amides is 3. The van der Waals surface area contributed by atoms with Crippen molar-refractivity contribution in [3.8, 4) is 0 Å². The molecular formula is C16H15ClFN3O2S. The third-order valence-electron chi connectivity index (χ3n) is 2.83. The van der Waals surface area contributed by atoms with Gasteiger partial charge in [0.05, 0.1) is 0 Å². The van der Waals surface area contributed by atoms with E-state index < -0.39 is 6.03 Å². The van der Waals surface area contributed by atoms with Gasteiger partial charge in [-0.15, -0.1) is 11.8 Å². The van der Waals surface area contributed by atoms with Crippen molar-refractivity contribution in [2.24, 2.45) is 0 Å². The van der Waals surface area contributed by atoms with Crippen molar-refractivity contribution in [1.29, 1.82) is 0 Å². The van der Waals surface area contributed by atoms with Gasteiger partial charge in [-0.3, -0.25) is 10.2 Å². The van der Waals surface area contributed by atoms with Gasteiger partial charge in [-0.1, -0.05) is 11.6 Å². The summed E-state index contributed by atoms with van der Waals surface area (Å²) in [5, 5.41) is 3.11. The Kier molecular flexibility index (Phi) is 6.89. The predicted octanol–water partition coefficient (Wildman–Crippen LogP) is 3.81. The summed E-state index contributed by atoms with van der Waals surface area (Å²) in [7, 11) is 0. The number of nitrogens with one attached hydrogen (secondary N) is 3. The number of urea groups is 1. The van der Waals surface area contributed by atoms with E-state index in [1.165, 1.54) is 23.9 Å². The van der Waals surface area contributed by atoms with Crippen LogP contribution in [0.3, 0.4) is 0 Å². The van der Waals surface area contributed by atoms with Gasteiger partial charge in [0.25, 0.3) is 0 Å². The number of benzene rings is 2. The van der Waals surface area contributed by atoms with Gasteiger partial charge < -0.3 is 5.32 Å². The number of hydrazine groups is 1.